The third kappa shape index (κ3) is 4.88. The Kier molecular flexibility index (Phi) is 5.15. The highest BCUT2D eigenvalue weighted by Gasteiger charge is 2.28. The van der Waals surface area contributed by atoms with Crippen LogP contribution in [0.3, 0.4) is 0 Å². The number of carbonyl (C=O) groups is 1. The molecule has 0 aliphatic carbocycles. The number of likely N-dealkylation sites (tertiary alicyclic amines) is 1. The second kappa shape index (κ2) is 6.91. The normalized spacial score (nSPS) is 18.2. The average molecular weight is 316 g/mol. The van der Waals surface area contributed by atoms with Gasteiger partial charge < -0.3 is 14.4 Å². The molecule has 1 aliphatic rings. The number of aryl methyl sites for hydroxylation is 1. The van der Waals surface area contributed by atoms with Gasteiger partial charge in [0.25, 0.3) is 0 Å². The molecule has 23 heavy (non-hydrogen) atoms. The van der Waals surface area contributed by atoms with Crippen LogP contribution in [0, 0.1) is 18.3 Å². The minimum atomic E-state index is -0.505. The standard InChI is InChI=1S/C18H24N2O3/c1-13-7-8-14(11-19)16(10-13)22-15-6-5-9-20(12-15)17(21)23-18(2,3)4/h7-8,10,15H,5-6,9,12H2,1-4H3. The van der Waals surface area contributed by atoms with Crippen molar-refractivity contribution in [3.8, 4) is 11.8 Å². The van der Waals surface area contributed by atoms with Crippen LogP contribution in [-0.4, -0.2) is 35.8 Å². The minimum absolute atomic E-state index is 0.120. The molecule has 124 valence electrons. The lowest BCUT2D eigenvalue weighted by molar-refractivity contribution is 0.00772. The molecule has 0 bridgehead atoms. The summed E-state index contributed by atoms with van der Waals surface area (Å²) in [7, 11) is 0. The van der Waals surface area contributed by atoms with E-state index in [0.29, 0.717) is 24.4 Å². The van der Waals surface area contributed by atoms with Crippen LogP contribution in [-0.2, 0) is 4.74 Å². The average Bonchev–Trinajstić information content (AvgIpc) is 2.46. The van der Waals surface area contributed by atoms with Crippen LogP contribution >= 0.6 is 0 Å². The first-order valence-corrected chi connectivity index (χ1v) is 7.94. The lowest BCUT2D eigenvalue weighted by atomic mass is 10.1. The molecule has 1 aliphatic heterocycles. The molecule has 1 atom stereocenters. The van der Waals surface area contributed by atoms with Gasteiger partial charge in [0.15, 0.2) is 0 Å². The highest BCUT2D eigenvalue weighted by atomic mass is 16.6. The quantitative estimate of drug-likeness (QED) is 0.835. The van der Waals surface area contributed by atoms with Crippen molar-refractivity contribution in [2.75, 3.05) is 13.1 Å². The molecule has 1 fully saturated rings. The summed E-state index contributed by atoms with van der Waals surface area (Å²) in [6, 6.07) is 7.66. The van der Waals surface area contributed by atoms with E-state index in [1.54, 1.807) is 11.0 Å². The van der Waals surface area contributed by atoms with E-state index >= 15 is 0 Å². The van der Waals surface area contributed by atoms with E-state index in [2.05, 4.69) is 6.07 Å². The summed E-state index contributed by atoms with van der Waals surface area (Å²) in [6.45, 7) is 8.68. The van der Waals surface area contributed by atoms with Crippen molar-refractivity contribution in [3.05, 3.63) is 29.3 Å². The van der Waals surface area contributed by atoms with Gasteiger partial charge in [0.1, 0.15) is 23.5 Å². The van der Waals surface area contributed by atoms with Crippen LogP contribution < -0.4 is 4.74 Å². The Labute approximate surface area is 137 Å². The molecule has 1 unspecified atom stereocenters. The van der Waals surface area contributed by atoms with Gasteiger partial charge in [-0.15, -0.1) is 0 Å². The van der Waals surface area contributed by atoms with E-state index in [9.17, 15) is 10.1 Å². The molecule has 1 aromatic carbocycles. The monoisotopic (exact) mass is 316 g/mol. The molecular weight excluding hydrogens is 292 g/mol. The van der Waals surface area contributed by atoms with Crippen molar-refractivity contribution in [2.24, 2.45) is 0 Å². The number of nitrogens with zero attached hydrogens (tertiary/aromatic N) is 2. The number of ether oxygens (including phenoxy) is 2. The Morgan fingerprint density at radius 3 is 2.78 bits per heavy atom. The molecule has 0 aromatic heterocycles. The maximum absolute atomic E-state index is 12.2. The summed E-state index contributed by atoms with van der Waals surface area (Å²) in [4.78, 5) is 13.9. The van der Waals surface area contributed by atoms with Gasteiger partial charge in [-0.2, -0.15) is 5.26 Å². The van der Waals surface area contributed by atoms with Crippen LogP contribution in [0.4, 0.5) is 4.79 Å². The van der Waals surface area contributed by atoms with Gasteiger partial charge in [-0.05, 0) is 58.2 Å². The molecule has 5 heteroatoms. The fraction of sp³-hybridized carbons (Fsp3) is 0.556. The third-order valence-electron chi connectivity index (χ3n) is 3.58. The maximum Gasteiger partial charge on any atom is 0.410 e. The van der Waals surface area contributed by atoms with Crippen molar-refractivity contribution in [1.29, 1.82) is 5.26 Å². The molecule has 1 amide bonds. The Bertz CT molecular complexity index is 614. The van der Waals surface area contributed by atoms with Crippen LogP contribution in [0.5, 0.6) is 5.75 Å². The van der Waals surface area contributed by atoms with Crippen molar-refractivity contribution in [2.45, 2.75) is 52.2 Å². The second-order valence-corrected chi connectivity index (χ2v) is 6.92. The molecule has 1 saturated heterocycles. The van der Waals surface area contributed by atoms with Crippen molar-refractivity contribution >= 4 is 6.09 Å². The second-order valence-electron chi connectivity index (χ2n) is 6.92. The van der Waals surface area contributed by atoms with Gasteiger partial charge in [-0.1, -0.05) is 6.07 Å². The van der Waals surface area contributed by atoms with E-state index in [4.69, 9.17) is 9.47 Å². The number of carbonyl (C=O) groups excluding carboxylic acids is 1. The summed E-state index contributed by atoms with van der Waals surface area (Å²) in [5.41, 5.74) is 1.05. The summed E-state index contributed by atoms with van der Waals surface area (Å²) < 4.78 is 11.4. The van der Waals surface area contributed by atoms with E-state index in [1.165, 1.54) is 0 Å². The highest BCUT2D eigenvalue weighted by molar-refractivity contribution is 5.68. The largest absolute Gasteiger partial charge is 0.487 e. The van der Waals surface area contributed by atoms with Crippen LogP contribution in [0.25, 0.3) is 0 Å². The molecule has 2 rings (SSSR count). The molecule has 1 aromatic rings. The zero-order valence-corrected chi connectivity index (χ0v) is 14.3. The summed E-state index contributed by atoms with van der Waals surface area (Å²) in [5.74, 6) is 0.587. The van der Waals surface area contributed by atoms with E-state index < -0.39 is 5.60 Å². The molecule has 0 radical (unpaired) electrons. The molecule has 5 nitrogen and oxygen atoms in total. The Hall–Kier alpha value is -2.22. The number of amides is 1. The lowest BCUT2D eigenvalue weighted by Gasteiger charge is -2.34. The van der Waals surface area contributed by atoms with Gasteiger partial charge in [-0.3, -0.25) is 0 Å². The number of benzene rings is 1. The maximum atomic E-state index is 12.2. The van der Waals surface area contributed by atoms with Crippen molar-refractivity contribution in [3.63, 3.8) is 0 Å². The Balaban J connectivity index is 2.03. The van der Waals surface area contributed by atoms with E-state index in [1.807, 2.05) is 39.8 Å². The van der Waals surface area contributed by atoms with Gasteiger partial charge in [0.2, 0.25) is 0 Å². The minimum Gasteiger partial charge on any atom is -0.487 e. The van der Waals surface area contributed by atoms with Gasteiger partial charge in [-0.25, -0.2) is 4.79 Å². The lowest BCUT2D eigenvalue weighted by Crippen LogP contribution is -2.46. The van der Waals surface area contributed by atoms with Gasteiger partial charge in [0.05, 0.1) is 12.1 Å². The molecule has 0 spiro atoms. The fourth-order valence-electron chi connectivity index (χ4n) is 2.53. The molecule has 0 N–H and O–H groups in total. The first-order chi connectivity index (χ1) is 10.8. The summed E-state index contributed by atoms with van der Waals surface area (Å²) >= 11 is 0. The summed E-state index contributed by atoms with van der Waals surface area (Å²) in [5, 5.41) is 9.19. The predicted octanol–water partition coefficient (Wildman–Crippen LogP) is 3.65. The van der Waals surface area contributed by atoms with Gasteiger partial charge >= 0.3 is 6.09 Å². The zero-order chi connectivity index (χ0) is 17.0. The summed E-state index contributed by atoms with van der Waals surface area (Å²) in [6.07, 6.45) is 1.29. The topological polar surface area (TPSA) is 62.6 Å². The molecule has 1 heterocycles. The number of piperidine rings is 1. The van der Waals surface area contributed by atoms with Crippen LogP contribution in [0.2, 0.25) is 0 Å². The SMILES string of the molecule is Cc1ccc(C#N)c(OC2CCCN(C(=O)OC(C)(C)C)C2)c1. The van der Waals surface area contributed by atoms with Crippen molar-refractivity contribution in [1.82, 2.24) is 4.90 Å². The van der Waals surface area contributed by atoms with Gasteiger partial charge in [0, 0.05) is 6.54 Å². The smallest absolute Gasteiger partial charge is 0.410 e. The highest BCUT2D eigenvalue weighted by Crippen LogP contribution is 2.24. The number of hydrogen-bond acceptors (Lipinski definition) is 4. The fourth-order valence-corrected chi connectivity index (χ4v) is 2.53. The number of nitriles is 1. The first-order valence-electron chi connectivity index (χ1n) is 7.94. The number of hydrogen-bond donors (Lipinski definition) is 0. The number of rotatable bonds is 2. The first kappa shape index (κ1) is 17.1. The molecular formula is C18H24N2O3. The Morgan fingerprint density at radius 2 is 2.13 bits per heavy atom. The van der Waals surface area contributed by atoms with Crippen LogP contribution in [0.1, 0.15) is 44.7 Å². The molecule has 0 saturated carbocycles. The van der Waals surface area contributed by atoms with Crippen LogP contribution in [0.15, 0.2) is 18.2 Å². The predicted molar refractivity (Wildman–Crippen MR) is 87.4 cm³/mol. The van der Waals surface area contributed by atoms with Crippen molar-refractivity contribution < 1.29 is 14.3 Å². The third-order valence-corrected chi connectivity index (χ3v) is 3.58. The Morgan fingerprint density at radius 1 is 1.39 bits per heavy atom. The van der Waals surface area contributed by atoms with E-state index in [-0.39, 0.29) is 12.2 Å². The zero-order valence-electron chi connectivity index (χ0n) is 14.3. The van der Waals surface area contributed by atoms with E-state index in [0.717, 1.165) is 18.4 Å².